The van der Waals surface area contributed by atoms with Crippen LogP contribution in [0.1, 0.15) is 74.7 Å². The van der Waals surface area contributed by atoms with Crippen molar-refractivity contribution >= 4 is 23.3 Å². The number of aromatic nitrogens is 2. The lowest BCUT2D eigenvalue weighted by atomic mass is 9.45. The fourth-order valence-electron chi connectivity index (χ4n) is 7.44. The average Bonchev–Trinajstić information content (AvgIpc) is 3.21. The Morgan fingerprint density at radius 2 is 1.96 bits per heavy atom. The van der Waals surface area contributed by atoms with Crippen LogP contribution >= 0.6 is 11.5 Å². The van der Waals surface area contributed by atoms with E-state index in [1.54, 1.807) is 0 Å². The number of rotatable bonds is 1. The summed E-state index contributed by atoms with van der Waals surface area (Å²) in [6.45, 7) is 6.09. The van der Waals surface area contributed by atoms with E-state index in [1.807, 2.05) is 0 Å². The molecule has 0 N–H and O–H groups in total. The van der Waals surface area contributed by atoms with Crippen molar-refractivity contribution in [3.63, 3.8) is 0 Å². The number of esters is 1. The van der Waals surface area contributed by atoms with Gasteiger partial charge in [0.2, 0.25) is 0 Å². The van der Waals surface area contributed by atoms with Crippen molar-refractivity contribution in [1.29, 1.82) is 0 Å². The molecule has 0 unspecified atom stereocenters. The van der Waals surface area contributed by atoms with E-state index in [9.17, 15) is 9.59 Å². The van der Waals surface area contributed by atoms with Gasteiger partial charge in [-0.2, -0.15) is 0 Å². The van der Waals surface area contributed by atoms with Gasteiger partial charge in [-0.1, -0.05) is 18.3 Å². The Hall–Kier alpha value is -1.30. The molecule has 0 aromatic carbocycles. The summed E-state index contributed by atoms with van der Waals surface area (Å²) >= 11 is 1.28. The van der Waals surface area contributed by atoms with Crippen LogP contribution in [0.3, 0.4) is 0 Å². The Morgan fingerprint density at radius 1 is 1.15 bits per heavy atom. The molecule has 3 fully saturated rings. The van der Waals surface area contributed by atoms with Crippen molar-refractivity contribution in [2.45, 2.75) is 71.8 Å². The van der Waals surface area contributed by atoms with Crippen molar-refractivity contribution in [3.05, 3.63) is 10.6 Å². The first-order valence-corrected chi connectivity index (χ1v) is 11.2. The summed E-state index contributed by atoms with van der Waals surface area (Å²) in [4.78, 5) is 25.9. The van der Waals surface area contributed by atoms with Crippen LogP contribution in [-0.4, -0.2) is 27.4 Å². The summed E-state index contributed by atoms with van der Waals surface area (Å²) in [5.74, 6) is 2.11. The van der Waals surface area contributed by atoms with Crippen molar-refractivity contribution < 1.29 is 14.3 Å². The van der Waals surface area contributed by atoms with E-state index in [4.69, 9.17) is 4.74 Å². The number of fused-ring (bicyclic) bond motifs is 6. The van der Waals surface area contributed by atoms with Crippen LogP contribution in [0.5, 0.6) is 0 Å². The van der Waals surface area contributed by atoms with Crippen LogP contribution in [0.25, 0.3) is 0 Å². The highest BCUT2D eigenvalue weighted by molar-refractivity contribution is 7.08. The number of hydrogen-bond donors (Lipinski definition) is 0. The van der Waals surface area contributed by atoms with Crippen LogP contribution in [0.2, 0.25) is 0 Å². The smallest absolute Gasteiger partial charge is 0.302 e. The zero-order valence-electron chi connectivity index (χ0n) is 16.4. The maximum absolute atomic E-state index is 13.5. The normalized spacial score (nSPS) is 45.4. The quantitative estimate of drug-likeness (QED) is 0.679. The zero-order valence-corrected chi connectivity index (χ0v) is 17.2. The van der Waals surface area contributed by atoms with Gasteiger partial charge in [-0.05, 0) is 80.1 Å². The lowest BCUT2D eigenvalue weighted by molar-refractivity contribution is -0.158. The minimum absolute atomic E-state index is 0.0471. The molecular weight excluding hydrogens is 360 g/mol. The number of carbonyl (C=O) groups is 2. The molecule has 0 bridgehead atoms. The highest BCUT2D eigenvalue weighted by Gasteiger charge is 2.63. The highest BCUT2D eigenvalue weighted by Crippen LogP contribution is 2.66. The van der Waals surface area contributed by atoms with Crippen LogP contribution < -0.4 is 0 Å². The van der Waals surface area contributed by atoms with Crippen molar-refractivity contribution in [2.24, 2.45) is 34.5 Å². The number of Topliss-reactive ketones (excluding diaryl/α,β-unsaturated/α-hetero) is 1. The monoisotopic (exact) mass is 388 g/mol. The van der Waals surface area contributed by atoms with Crippen molar-refractivity contribution in [1.82, 2.24) is 9.59 Å². The van der Waals surface area contributed by atoms with E-state index in [1.165, 1.54) is 24.9 Å². The molecule has 1 aromatic heterocycles. The van der Waals surface area contributed by atoms with E-state index < -0.39 is 0 Å². The van der Waals surface area contributed by atoms with Crippen LogP contribution in [0, 0.1) is 34.5 Å². The number of ketones is 1. The largest absolute Gasteiger partial charge is 0.462 e. The van der Waals surface area contributed by atoms with Gasteiger partial charge in [0, 0.05) is 17.8 Å². The second-order valence-corrected chi connectivity index (χ2v) is 10.5. The number of ether oxygens (including phenoxy) is 1. The molecule has 1 heterocycles. The standard InChI is InChI=1S/C21H28N2O3S/c1-11(24)26-17-7-6-14-13-5-4-12-10-16-18(27-23-22-16)19(25)21(12,3)15(13)8-9-20(14,17)2/h12-15,17H,4-10H2,1-3H3/t12-,13-,14-,15-,17-,20-,21-/m0/s1. The fourth-order valence-corrected chi connectivity index (χ4v) is 8.19. The molecule has 27 heavy (non-hydrogen) atoms. The minimum atomic E-state index is -0.273. The highest BCUT2D eigenvalue weighted by atomic mass is 32.1. The van der Waals surface area contributed by atoms with Gasteiger partial charge < -0.3 is 4.74 Å². The van der Waals surface area contributed by atoms with Gasteiger partial charge >= 0.3 is 5.97 Å². The van der Waals surface area contributed by atoms with E-state index in [2.05, 4.69) is 23.4 Å². The molecule has 0 spiro atoms. The maximum Gasteiger partial charge on any atom is 0.302 e. The first kappa shape index (κ1) is 17.8. The van der Waals surface area contributed by atoms with Gasteiger partial charge in [0.25, 0.3) is 0 Å². The van der Waals surface area contributed by atoms with E-state index in [0.717, 1.165) is 49.1 Å². The van der Waals surface area contributed by atoms with Gasteiger partial charge in [-0.25, -0.2) is 0 Å². The third kappa shape index (κ3) is 2.28. The number of hydrogen-bond acceptors (Lipinski definition) is 6. The Morgan fingerprint density at radius 3 is 2.74 bits per heavy atom. The Balaban J connectivity index is 1.48. The first-order chi connectivity index (χ1) is 12.9. The maximum atomic E-state index is 13.5. The number of nitrogens with zero attached hydrogens (tertiary/aromatic N) is 2. The Bertz CT molecular complexity index is 807. The molecule has 0 aliphatic heterocycles. The van der Waals surface area contributed by atoms with Crippen molar-refractivity contribution in [2.75, 3.05) is 0 Å². The summed E-state index contributed by atoms with van der Waals surface area (Å²) in [5, 5.41) is 4.23. The van der Waals surface area contributed by atoms with Crippen LogP contribution in [-0.2, 0) is 16.0 Å². The molecule has 4 aliphatic carbocycles. The summed E-state index contributed by atoms with van der Waals surface area (Å²) in [7, 11) is 0. The minimum Gasteiger partial charge on any atom is -0.462 e. The molecule has 146 valence electrons. The molecule has 1 aromatic rings. The molecule has 4 aliphatic rings. The molecule has 0 amide bonds. The summed E-state index contributed by atoms with van der Waals surface area (Å²) < 4.78 is 9.80. The van der Waals surface area contributed by atoms with Crippen LogP contribution in [0.4, 0.5) is 0 Å². The molecule has 5 nitrogen and oxygen atoms in total. The molecule has 3 saturated carbocycles. The second kappa shape index (κ2) is 5.85. The van der Waals surface area contributed by atoms with Crippen LogP contribution in [0.15, 0.2) is 0 Å². The van der Waals surface area contributed by atoms with Crippen molar-refractivity contribution in [3.8, 4) is 0 Å². The van der Waals surface area contributed by atoms with Gasteiger partial charge in [-0.3, -0.25) is 9.59 Å². The third-order valence-electron chi connectivity index (χ3n) is 8.82. The first-order valence-electron chi connectivity index (χ1n) is 10.4. The summed E-state index contributed by atoms with van der Waals surface area (Å²) in [6.07, 6.45) is 7.47. The summed E-state index contributed by atoms with van der Waals surface area (Å²) in [6, 6.07) is 0. The molecule has 5 rings (SSSR count). The number of carbonyl (C=O) groups excluding carboxylic acids is 2. The predicted octanol–water partition coefficient (Wildman–Crippen LogP) is 4.07. The molecular formula is C21H28N2O3S. The topological polar surface area (TPSA) is 69.2 Å². The van der Waals surface area contributed by atoms with Gasteiger partial charge in [0.05, 0.1) is 5.69 Å². The SMILES string of the molecule is CC(=O)O[C@H]1CC[C@H]2[C@@H]3CC[C@H]4Cc5nnsc5C(=O)[C@]4(C)[C@H]3CC[C@]12C. The molecule has 0 radical (unpaired) electrons. The van der Waals surface area contributed by atoms with Gasteiger partial charge in [0.1, 0.15) is 11.0 Å². The average molecular weight is 389 g/mol. The second-order valence-electron chi connectivity index (χ2n) is 9.74. The molecule has 0 saturated heterocycles. The van der Waals surface area contributed by atoms with E-state index in [0.29, 0.717) is 29.5 Å². The molecule has 7 atom stereocenters. The van der Waals surface area contributed by atoms with E-state index in [-0.39, 0.29) is 22.9 Å². The van der Waals surface area contributed by atoms with Gasteiger partial charge in [-0.15, -0.1) is 5.10 Å². The lowest BCUT2D eigenvalue weighted by Crippen LogP contribution is -2.57. The summed E-state index contributed by atoms with van der Waals surface area (Å²) in [5.41, 5.74) is 0.734. The van der Waals surface area contributed by atoms with E-state index >= 15 is 0 Å². The fraction of sp³-hybridized carbons (Fsp3) is 0.810. The lowest BCUT2D eigenvalue weighted by Gasteiger charge is -2.58. The third-order valence-corrected chi connectivity index (χ3v) is 9.58. The predicted molar refractivity (Wildman–Crippen MR) is 101 cm³/mol. The zero-order chi connectivity index (χ0) is 19.0. The Kier molecular flexibility index (Phi) is 3.85. The Labute approximate surface area is 164 Å². The van der Waals surface area contributed by atoms with Gasteiger partial charge in [0.15, 0.2) is 5.78 Å². The molecule has 6 heteroatoms.